The molecule has 1 unspecified atom stereocenters. The highest BCUT2D eigenvalue weighted by Crippen LogP contribution is 2.15. The van der Waals surface area contributed by atoms with Gasteiger partial charge in [-0.25, -0.2) is 0 Å². The Morgan fingerprint density at radius 2 is 2.24 bits per heavy atom. The molecule has 0 aliphatic rings. The Kier molecular flexibility index (Phi) is 5.80. The number of rotatable bonds is 6. The van der Waals surface area contributed by atoms with Crippen LogP contribution in [0.15, 0.2) is 0 Å². The first-order valence-corrected chi connectivity index (χ1v) is 6.61. The molecule has 0 aliphatic carbocycles. The number of ether oxygens (including phenoxy) is 1. The van der Waals surface area contributed by atoms with Gasteiger partial charge in [0.25, 0.3) is 5.91 Å². The van der Waals surface area contributed by atoms with Gasteiger partial charge in [-0.15, -0.1) is 10.2 Å². The second kappa shape index (κ2) is 6.88. The Balaban J connectivity index is 2.57. The Morgan fingerprint density at radius 3 is 2.71 bits per heavy atom. The minimum atomic E-state index is -0.257. The van der Waals surface area contributed by atoms with Crippen molar-refractivity contribution >= 4 is 28.8 Å². The Bertz CT molecular complexity index is 370. The van der Waals surface area contributed by atoms with Crippen LogP contribution in [-0.2, 0) is 4.74 Å². The summed E-state index contributed by atoms with van der Waals surface area (Å²) in [4.78, 5) is 11.8. The van der Waals surface area contributed by atoms with Gasteiger partial charge in [0.2, 0.25) is 9.47 Å². The van der Waals surface area contributed by atoms with Crippen molar-refractivity contribution in [3.63, 3.8) is 0 Å². The Hall–Kier alpha value is -0.720. The molecule has 1 N–H and O–H groups in total. The zero-order valence-corrected chi connectivity index (χ0v) is 11.6. The van der Waals surface area contributed by atoms with Crippen molar-refractivity contribution in [3.05, 3.63) is 9.47 Å². The molecular weight excluding hydrogens is 262 g/mol. The maximum Gasteiger partial charge on any atom is 0.282 e. The first-order valence-electron chi connectivity index (χ1n) is 5.42. The molecule has 1 rings (SSSR count). The quantitative estimate of drug-likeness (QED) is 0.864. The van der Waals surface area contributed by atoms with Crippen LogP contribution in [0.5, 0.6) is 0 Å². The van der Waals surface area contributed by atoms with Crippen LogP contribution in [0.25, 0.3) is 0 Å². The molecule has 7 heteroatoms. The molecule has 0 bridgehead atoms. The minimum absolute atomic E-state index is 0.0369. The normalized spacial score (nSPS) is 12.8. The monoisotopic (exact) mass is 277 g/mol. The molecule has 0 fully saturated rings. The number of hydrogen-bond acceptors (Lipinski definition) is 5. The van der Waals surface area contributed by atoms with E-state index in [1.165, 1.54) is 0 Å². The largest absolute Gasteiger partial charge is 0.380 e. The smallest absolute Gasteiger partial charge is 0.282 e. The van der Waals surface area contributed by atoms with Crippen molar-refractivity contribution in [3.8, 4) is 0 Å². The highest BCUT2D eigenvalue weighted by Gasteiger charge is 2.19. The van der Waals surface area contributed by atoms with Crippen LogP contribution in [-0.4, -0.2) is 35.4 Å². The lowest BCUT2D eigenvalue weighted by atomic mass is 10.1. The number of amides is 1. The van der Waals surface area contributed by atoms with E-state index in [0.29, 0.717) is 13.2 Å². The standard InChI is InChI=1S/C10H16ClN3O2S/c1-4-16-5-7(6(2)3)12-8(15)9-13-14-10(11)17-9/h6-7H,4-5H2,1-3H3,(H,12,15). The van der Waals surface area contributed by atoms with Crippen molar-refractivity contribution in [2.45, 2.75) is 26.8 Å². The summed E-state index contributed by atoms with van der Waals surface area (Å²) >= 11 is 6.69. The zero-order chi connectivity index (χ0) is 12.8. The van der Waals surface area contributed by atoms with Crippen LogP contribution < -0.4 is 5.32 Å². The predicted molar refractivity (Wildman–Crippen MR) is 67.5 cm³/mol. The van der Waals surface area contributed by atoms with Crippen molar-refractivity contribution in [1.29, 1.82) is 0 Å². The average Bonchev–Trinajstić information content (AvgIpc) is 2.70. The molecule has 96 valence electrons. The first-order chi connectivity index (χ1) is 8.04. The third-order valence-corrected chi connectivity index (χ3v) is 3.23. The lowest BCUT2D eigenvalue weighted by Crippen LogP contribution is -2.41. The number of carbonyl (C=O) groups excluding carboxylic acids is 1. The van der Waals surface area contributed by atoms with E-state index in [1.54, 1.807) is 0 Å². The predicted octanol–water partition coefficient (Wildman–Crippen LogP) is 1.98. The second-order valence-corrected chi connectivity index (χ2v) is 5.40. The van der Waals surface area contributed by atoms with Crippen molar-refractivity contribution in [1.82, 2.24) is 15.5 Å². The first kappa shape index (κ1) is 14.3. The van der Waals surface area contributed by atoms with Gasteiger partial charge in [-0.05, 0) is 24.4 Å². The summed E-state index contributed by atoms with van der Waals surface area (Å²) in [6.07, 6.45) is 0. The van der Waals surface area contributed by atoms with E-state index in [9.17, 15) is 4.79 Å². The van der Waals surface area contributed by atoms with Gasteiger partial charge in [0.15, 0.2) is 0 Å². The maximum atomic E-state index is 11.8. The van der Waals surface area contributed by atoms with Crippen LogP contribution in [0.1, 0.15) is 30.6 Å². The maximum absolute atomic E-state index is 11.8. The molecule has 0 spiro atoms. The van der Waals surface area contributed by atoms with Crippen LogP contribution >= 0.6 is 22.9 Å². The van der Waals surface area contributed by atoms with Crippen molar-refractivity contribution < 1.29 is 9.53 Å². The topological polar surface area (TPSA) is 64.1 Å². The molecule has 0 aromatic carbocycles. The van der Waals surface area contributed by atoms with Crippen molar-refractivity contribution in [2.75, 3.05) is 13.2 Å². The summed E-state index contributed by atoms with van der Waals surface area (Å²) < 4.78 is 5.59. The molecule has 0 saturated heterocycles. The van der Waals surface area contributed by atoms with E-state index in [2.05, 4.69) is 15.5 Å². The summed E-state index contributed by atoms with van der Waals surface area (Å²) in [6.45, 7) is 7.09. The summed E-state index contributed by atoms with van der Waals surface area (Å²) in [5.74, 6) is 0.0293. The highest BCUT2D eigenvalue weighted by atomic mass is 35.5. The fourth-order valence-electron chi connectivity index (χ4n) is 1.17. The zero-order valence-electron chi connectivity index (χ0n) is 10.1. The van der Waals surface area contributed by atoms with E-state index in [4.69, 9.17) is 16.3 Å². The van der Waals surface area contributed by atoms with Crippen LogP contribution in [0.2, 0.25) is 4.47 Å². The van der Waals surface area contributed by atoms with E-state index < -0.39 is 0 Å². The lowest BCUT2D eigenvalue weighted by molar-refractivity contribution is 0.0805. The highest BCUT2D eigenvalue weighted by molar-refractivity contribution is 7.17. The van der Waals surface area contributed by atoms with Crippen LogP contribution in [0, 0.1) is 5.92 Å². The molecule has 5 nitrogen and oxygen atoms in total. The number of halogens is 1. The summed E-state index contributed by atoms with van der Waals surface area (Å²) in [7, 11) is 0. The van der Waals surface area contributed by atoms with Gasteiger partial charge in [-0.3, -0.25) is 4.79 Å². The number of nitrogens with zero attached hydrogens (tertiary/aromatic N) is 2. The lowest BCUT2D eigenvalue weighted by Gasteiger charge is -2.21. The molecule has 0 radical (unpaired) electrons. The van der Waals surface area contributed by atoms with Crippen LogP contribution in [0.3, 0.4) is 0 Å². The molecule has 1 aromatic rings. The summed E-state index contributed by atoms with van der Waals surface area (Å²) in [5.41, 5.74) is 0. The van der Waals surface area contributed by atoms with Gasteiger partial charge in [0, 0.05) is 6.61 Å². The van der Waals surface area contributed by atoms with Gasteiger partial charge in [0.05, 0.1) is 12.6 Å². The van der Waals surface area contributed by atoms with E-state index in [1.807, 2.05) is 20.8 Å². The number of aromatic nitrogens is 2. The molecule has 17 heavy (non-hydrogen) atoms. The van der Waals surface area contributed by atoms with E-state index in [-0.39, 0.29) is 27.3 Å². The number of nitrogens with one attached hydrogen (secondary N) is 1. The Labute approximate surface area is 110 Å². The van der Waals surface area contributed by atoms with Gasteiger partial charge in [-0.2, -0.15) is 0 Å². The second-order valence-electron chi connectivity index (χ2n) is 3.84. The number of hydrogen-bond donors (Lipinski definition) is 1. The molecule has 0 aliphatic heterocycles. The average molecular weight is 278 g/mol. The SMILES string of the molecule is CCOCC(NC(=O)c1nnc(Cl)s1)C(C)C. The van der Waals surface area contributed by atoms with Gasteiger partial charge in [-0.1, -0.05) is 25.2 Å². The fraction of sp³-hybridized carbons (Fsp3) is 0.700. The third-order valence-electron chi connectivity index (χ3n) is 2.22. The number of carbonyl (C=O) groups is 1. The third kappa shape index (κ3) is 4.57. The fourth-order valence-corrected chi connectivity index (χ4v) is 1.90. The van der Waals surface area contributed by atoms with E-state index in [0.717, 1.165) is 11.3 Å². The van der Waals surface area contributed by atoms with Gasteiger partial charge in [0.1, 0.15) is 0 Å². The van der Waals surface area contributed by atoms with Crippen LogP contribution in [0.4, 0.5) is 0 Å². The molecule has 1 heterocycles. The molecule has 1 amide bonds. The molecule has 1 atom stereocenters. The molecule has 1 aromatic heterocycles. The van der Waals surface area contributed by atoms with Gasteiger partial charge >= 0.3 is 0 Å². The molecular formula is C10H16ClN3O2S. The van der Waals surface area contributed by atoms with Gasteiger partial charge < -0.3 is 10.1 Å². The van der Waals surface area contributed by atoms with E-state index >= 15 is 0 Å². The molecule has 0 saturated carbocycles. The Morgan fingerprint density at radius 1 is 1.53 bits per heavy atom. The van der Waals surface area contributed by atoms with Crippen molar-refractivity contribution in [2.24, 2.45) is 5.92 Å². The summed E-state index contributed by atoms with van der Waals surface area (Å²) in [6, 6.07) is -0.0369. The summed E-state index contributed by atoms with van der Waals surface area (Å²) in [5, 5.41) is 10.4. The minimum Gasteiger partial charge on any atom is -0.380 e.